The number of aryl methyl sites for hydroxylation is 1. The molecule has 3 aromatic carbocycles. The quantitative estimate of drug-likeness (QED) is 0.404. The molecule has 1 heterocycles. The SMILES string of the molecule is CCc1ccccc1NC(=O)c1cccc(NC2=C(Cl)C(=O)N(c3cc(Cl)ccc3OC)C2=O)c1. The Morgan fingerprint density at radius 1 is 0.971 bits per heavy atom. The van der Waals surface area contributed by atoms with Gasteiger partial charge in [0.05, 0.1) is 12.8 Å². The van der Waals surface area contributed by atoms with Crippen LogP contribution >= 0.6 is 23.2 Å². The van der Waals surface area contributed by atoms with Gasteiger partial charge in [-0.1, -0.05) is 54.4 Å². The monoisotopic (exact) mass is 509 g/mol. The van der Waals surface area contributed by atoms with Crippen LogP contribution in [0.15, 0.2) is 77.5 Å². The normalized spacial score (nSPS) is 13.3. The van der Waals surface area contributed by atoms with Crippen molar-refractivity contribution in [3.05, 3.63) is 93.6 Å². The number of rotatable bonds is 7. The number of imide groups is 1. The number of halogens is 2. The van der Waals surface area contributed by atoms with Crippen molar-refractivity contribution in [1.29, 1.82) is 0 Å². The van der Waals surface area contributed by atoms with Crippen LogP contribution < -0.4 is 20.3 Å². The van der Waals surface area contributed by atoms with Crippen LogP contribution in [-0.2, 0) is 16.0 Å². The molecule has 0 spiro atoms. The molecule has 9 heteroatoms. The lowest BCUT2D eigenvalue weighted by Gasteiger charge is -2.18. The van der Waals surface area contributed by atoms with E-state index in [1.807, 2.05) is 31.2 Å². The zero-order chi connectivity index (χ0) is 25.1. The van der Waals surface area contributed by atoms with Crippen LogP contribution in [0, 0.1) is 0 Å². The van der Waals surface area contributed by atoms with Gasteiger partial charge in [0, 0.05) is 22.0 Å². The Labute approximate surface area is 212 Å². The second kappa shape index (κ2) is 10.2. The van der Waals surface area contributed by atoms with Gasteiger partial charge in [-0.15, -0.1) is 0 Å². The number of nitrogens with one attached hydrogen (secondary N) is 2. The number of benzene rings is 3. The van der Waals surface area contributed by atoms with Crippen molar-refractivity contribution in [1.82, 2.24) is 0 Å². The molecule has 178 valence electrons. The molecule has 0 unspecified atom stereocenters. The van der Waals surface area contributed by atoms with E-state index >= 15 is 0 Å². The highest BCUT2D eigenvalue weighted by molar-refractivity contribution is 6.53. The molecule has 2 N–H and O–H groups in total. The topological polar surface area (TPSA) is 87.7 Å². The summed E-state index contributed by atoms with van der Waals surface area (Å²) >= 11 is 12.3. The van der Waals surface area contributed by atoms with Crippen LogP contribution in [0.25, 0.3) is 0 Å². The van der Waals surface area contributed by atoms with Crippen LogP contribution in [0.4, 0.5) is 17.1 Å². The van der Waals surface area contributed by atoms with E-state index in [1.165, 1.54) is 13.2 Å². The van der Waals surface area contributed by atoms with E-state index in [9.17, 15) is 14.4 Å². The molecule has 3 aromatic rings. The molecule has 1 aliphatic heterocycles. The van der Waals surface area contributed by atoms with Crippen molar-refractivity contribution in [2.24, 2.45) is 0 Å². The van der Waals surface area contributed by atoms with Gasteiger partial charge in [-0.05, 0) is 54.4 Å². The lowest BCUT2D eigenvalue weighted by atomic mass is 10.1. The van der Waals surface area contributed by atoms with Crippen molar-refractivity contribution >= 4 is 58.0 Å². The first-order valence-corrected chi connectivity index (χ1v) is 11.5. The van der Waals surface area contributed by atoms with Crippen LogP contribution in [0.3, 0.4) is 0 Å². The average Bonchev–Trinajstić information content (AvgIpc) is 3.07. The van der Waals surface area contributed by atoms with Gasteiger partial charge >= 0.3 is 0 Å². The summed E-state index contributed by atoms with van der Waals surface area (Å²) in [6, 6.07) is 18.7. The maximum Gasteiger partial charge on any atom is 0.283 e. The minimum Gasteiger partial charge on any atom is -0.495 e. The minimum atomic E-state index is -0.718. The second-order valence-corrected chi connectivity index (χ2v) is 8.44. The molecule has 0 fully saturated rings. The number of amides is 3. The number of methoxy groups -OCH3 is 1. The van der Waals surface area contributed by atoms with Crippen molar-refractivity contribution in [2.75, 3.05) is 22.6 Å². The van der Waals surface area contributed by atoms with E-state index in [1.54, 1.807) is 36.4 Å². The number of hydrogen-bond acceptors (Lipinski definition) is 5. The van der Waals surface area contributed by atoms with Gasteiger partial charge in [0.1, 0.15) is 16.5 Å². The highest BCUT2D eigenvalue weighted by atomic mass is 35.5. The van der Waals surface area contributed by atoms with Crippen LogP contribution in [-0.4, -0.2) is 24.8 Å². The first-order chi connectivity index (χ1) is 16.8. The number of hydrogen-bond donors (Lipinski definition) is 2. The summed E-state index contributed by atoms with van der Waals surface area (Å²) in [5.74, 6) is -1.42. The standard InChI is InChI=1S/C26H21Cl2N3O4/c1-3-15-7-4-5-10-19(15)30-24(32)16-8-6-9-18(13-16)29-23-22(28)25(33)31(26(23)34)20-14-17(27)11-12-21(20)35-2/h4-14,29H,3H2,1-2H3,(H,30,32). The number of carbonyl (C=O) groups is 3. The highest BCUT2D eigenvalue weighted by Crippen LogP contribution is 2.37. The summed E-state index contributed by atoms with van der Waals surface area (Å²) < 4.78 is 5.27. The van der Waals surface area contributed by atoms with E-state index < -0.39 is 11.8 Å². The summed E-state index contributed by atoms with van der Waals surface area (Å²) in [4.78, 5) is 39.8. The predicted octanol–water partition coefficient (Wildman–Crippen LogP) is 5.60. The number of nitrogens with zero attached hydrogens (tertiary/aromatic N) is 1. The van der Waals surface area contributed by atoms with Gasteiger partial charge < -0.3 is 15.4 Å². The summed E-state index contributed by atoms with van der Waals surface area (Å²) in [5, 5.41) is 5.83. The van der Waals surface area contributed by atoms with Crippen molar-refractivity contribution < 1.29 is 19.1 Å². The first kappa shape index (κ1) is 24.3. The molecule has 0 atom stereocenters. The summed E-state index contributed by atoms with van der Waals surface area (Å²) in [6.07, 6.45) is 0.773. The van der Waals surface area contributed by atoms with Crippen molar-refractivity contribution in [3.8, 4) is 5.75 Å². The molecule has 0 radical (unpaired) electrons. The third-order valence-electron chi connectivity index (χ3n) is 5.45. The van der Waals surface area contributed by atoms with E-state index in [-0.39, 0.29) is 28.1 Å². The molecule has 0 saturated carbocycles. The van der Waals surface area contributed by atoms with Gasteiger partial charge in [-0.25, -0.2) is 4.90 Å². The van der Waals surface area contributed by atoms with E-state index in [2.05, 4.69) is 10.6 Å². The molecular formula is C26H21Cl2N3O4. The largest absolute Gasteiger partial charge is 0.495 e. The smallest absolute Gasteiger partial charge is 0.283 e. The fourth-order valence-corrected chi connectivity index (χ4v) is 4.07. The lowest BCUT2D eigenvalue weighted by molar-refractivity contribution is -0.120. The fraction of sp³-hybridized carbons (Fsp3) is 0.115. The average molecular weight is 510 g/mol. The maximum absolute atomic E-state index is 13.2. The van der Waals surface area contributed by atoms with E-state index in [0.29, 0.717) is 16.3 Å². The molecule has 4 rings (SSSR count). The molecular weight excluding hydrogens is 489 g/mol. The molecule has 1 aliphatic rings. The first-order valence-electron chi connectivity index (χ1n) is 10.7. The molecule has 7 nitrogen and oxygen atoms in total. The fourth-order valence-electron chi connectivity index (χ4n) is 3.70. The highest BCUT2D eigenvalue weighted by Gasteiger charge is 2.40. The summed E-state index contributed by atoms with van der Waals surface area (Å²) in [7, 11) is 1.42. The predicted molar refractivity (Wildman–Crippen MR) is 137 cm³/mol. The number of carbonyl (C=O) groups excluding carboxylic acids is 3. The second-order valence-electron chi connectivity index (χ2n) is 7.62. The minimum absolute atomic E-state index is 0.118. The summed E-state index contributed by atoms with van der Waals surface area (Å²) in [6.45, 7) is 2.01. The number of para-hydroxylation sites is 1. The Morgan fingerprint density at radius 3 is 2.49 bits per heavy atom. The third-order valence-corrected chi connectivity index (χ3v) is 6.04. The van der Waals surface area contributed by atoms with Gasteiger partial charge in [0.15, 0.2) is 0 Å². The molecule has 0 aliphatic carbocycles. The Kier molecular flexibility index (Phi) is 7.10. The van der Waals surface area contributed by atoms with Gasteiger partial charge in [-0.3, -0.25) is 14.4 Å². The maximum atomic E-state index is 13.2. The zero-order valence-electron chi connectivity index (χ0n) is 18.9. The Morgan fingerprint density at radius 2 is 1.74 bits per heavy atom. The molecule has 35 heavy (non-hydrogen) atoms. The van der Waals surface area contributed by atoms with Crippen molar-refractivity contribution in [2.45, 2.75) is 13.3 Å². The van der Waals surface area contributed by atoms with Gasteiger partial charge in [0.25, 0.3) is 17.7 Å². The Bertz CT molecular complexity index is 1370. The molecule has 0 aromatic heterocycles. The lowest BCUT2D eigenvalue weighted by Crippen LogP contribution is -2.32. The zero-order valence-corrected chi connectivity index (χ0v) is 20.4. The number of anilines is 3. The number of ether oxygens (including phenoxy) is 1. The molecule has 0 saturated heterocycles. The third kappa shape index (κ3) is 4.87. The van der Waals surface area contributed by atoms with E-state index in [4.69, 9.17) is 27.9 Å². The summed E-state index contributed by atoms with van der Waals surface area (Å²) in [5.41, 5.74) is 2.57. The van der Waals surface area contributed by atoms with Gasteiger partial charge in [0.2, 0.25) is 0 Å². The molecule has 0 bridgehead atoms. The Hall–Kier alpha value is -3.81. The van der Waals surface area contributed by atoms with Crippen LogP contribution in [0.5, 0.6) is 5.75 Å². The molecule has 3 amide bonds. The van der Waals surface area contributed by atoms with Crippen LogP contribution in [0.1, 0.15) is 22.8 Å². The van der Waals surface area contributed by atoms with Crippen LogP contribution in [0.2, 0.25) is 5.02 Å². The Balaban J connectivity index is 1.57. The van der Waals surface area contributed by atoms with Gasteiger partial charge in [-0.2, -0.15) is 0 Å². The van der Waals surface area contributed by atoms with E-state index in [0.717, 1.165) is 22.6 Å². The van der Waals surface area contributed by atoms with Crippen molar-refractivity contribution in [3.63, 3.8) is 0 Å².